The van der Waals surface area contributed by atoms with Crippen molar-refractivity contribution < 1.29 is 0 Å². The van der Waals surface area contributed by atoms with Crippen molar-refractivity contribution in [1.82, 2.24) is 14.7 Å². The van der Waals surface area contributed by atoms with Gasteiger partial charge in [0.2, 0.25) is 0 Å². The molecule has 3 nitrogen and oxygen atoms in total. The molecule has 0 spiro atoms. The van der Waals surface area contributed by atoms with Crippen LogP contribution >= 0.6 is 23.3 Å². The maximum Gasteiger partial charge on any atom is 0.170 e. The molecule has 17 heavy (non-hydrogen) atoms. The van der Waals surface area contributed by atoms with E-state index in [0.29, 0.717) is 5.25 Å². The van der Waals surface area contributed by atoms with Crippen molar-refractivity contribution in [1.29, 1.82) is 0 Å². The molecule has 1 unspecified atom stereocenters. The summed E-state index contributed by atoms with van der Waals surface area (Å²) in [6, 6.07) is 10.5. The van der Waals surface area contributed by atoms with Crippen LogP contribution in [0.25, 0.3) is 0 Å². The first-order valence-electron chi connectivity index (χ1n) is 5.46. The summed E-state index contributed by atoms with van der Waals surface area (Å²) in [5.74, 6) is 0.855. The molecular weight excluding hydrogens is 250 g/mol. The van der Waals surface area contributed by atoms with Gasteiger partial charge in [0, 0.05) is 11.8 Å². The monoisotopic (exact) mass is 265 g/mol. The minimum Gasteiger partial charge on any atom is -0.318 e. The smallest absolute Gasteiger partial charge is 0.170 e. The zero-order chi connectivity index (χ0) is 12.1. The van der Waals surface area contributed by atoms with Crippen LogP contribution in [0.5, 0.6) is 0 Å². The fourth-order valence-electron chi connectivity index (χ4n) is 1.53. The predicted molar refractivity (Wildman–Crippen MR) is 73.6 cm³/mol. The first-order valence-corrected chi connectivity index (χ1v) is 7.11. The summed E-state index contributed by atoms with van der Waals surface area (Å²) in [5.41, 5.74) is 1.32. The standard InChI is InChI=1S/C12H15N3S2/c1-9-14-12(17-15-9)16-11(8-13-2)10-6-4-3-5-7-10/h3-7,11,13H,8H2,1-2H3. The van der Waals surface area contributed by atoms with E-state index in [1.807, 2.05) is 20.0 Å². The van der Waals surface area contributed by atoms with E-state index in [0.717, 1.165) is 16.7 Å². The molecule has 5 heteroatoms. The SMILES string of the molecule is CNCC(Sc1nc(C)ns1)c1ccccc1. The highest BCUT2D eigenvalue weighted by Gasteiger charge is 2.14. The maximum absolute atomic E-state index is 4.40. The van der Waals surface area contributed by atoms with Crippen LogP contribution in [0.15, 0.2) is 34.7 Å². The molecule has 0 radical (unpaired) electrons. The lowest BCUT2D eigenvalue weighted by Crippen LogP contribution is -2.14. The number of benzene rings is 1. The zero-order valence-electron chi connectivity index (χ0n) is 9.88. The highest BCUT2D eigenvalue weighted by Crippen LogP contribution is 2.35. The number of likely N-dealkylation sites (N-methyl/N-ethyl adjacent to an activating group) is 1. The Hall–Kier alpha value is -0.910. The van der Waals surface area contributed by atoms with Gasteiger partial charge < -0.3 is 5.32 Å². The molecule has 0 amide bonds. The largest absolute Gasteiger partial charge is 0.318 e. The summed E-state index contributed by atoms with van der Waals surface area (Å²) in [4.78, 5) is 4.40. The van der Waals surface area contributed by atoms with Gasteiger partial charge in [-0.25, -0.2) is 4.98 Å². The van der Waals surface area contributed by atoms with E-state index in [9.17, 15) is 0 Å². The molecule has 90 valence electrons. The Labute approximate surface area is 110 Å². The van der Waals surface area contributed by atoms with Crippen LogP contribution in [0.4, 0.5) is 0 Å². The summed E-state index contributed by atoms with van der Waals surface area (Å²) in [6.07, 6.45) is 0. The normalized spacial score (nSPS) is 12.6. The number of hydrogen-bond donors (Lipinski definition) is 1. The van der Waals surface area contributed by atoms with Gasteiger partial charge in [0.05, 0.1) is 0 Å². The van der Waals surface area contributed by atoms with Gasteiger partial charge in [-0.05, 0) is 31.1 Å². The van der Waals surface area contributed by atoms with Gasteiger partial charge in [-0.1, -0.05) is 42.1 Å². The van der Waals surface area contributed by atoms with Gasteiger partial charge in [0.15, 0.2) is 4.34 Å². The summed E-state index contributed by atoms with van der Waals surface area (Å²) < 4.78 is 5.25. The summed E-state index contributed by atoms with van der Waals surface area (Å²) in [5, 5.41) is 3.61. The topological polar surface area (TPSA) is 37.8 Å². The highest BCUT2D eigenvalue weighted by atomic mass is 32.2. The van der Waals surface area contributed by atoms with E-state index in [4.69, 9.17) is 0 Å². The number of rotatable bonds is 5. The minimum atomic E-state index is 0.383. The second kappa shape index (κ2) is 6.14. The molecule has 2 rings (SSSR count). The van der Waals surface area contributed by atoms with Gasteiger partial charge in [0.25, 0.3) is 0 Å². The Bertz CT molecular complexity index is 456. The number of nitrogens with zero attached hydrogens (tertiary/aromatic N) is 2. The number of hydrogen-bond acceptors (Lipinski definition) is 5. The quantitative estimate of drug-likeness (QED) is 0.844. The number of aryl methyl sites for hydroxylation is 1. The van der Waals surface area contributed by atoms with Crippen molar-refractivity contribution in [2.45, 2.75) is 16.5 Å². The maximum atomic E-state index is 4.40. The first-order chi connectivity index (χ1) is 8.29. The molecular formula is C12H15N3S2. The molecule has 2 aromatic rings. The molecule has 1 N–H and O–H groups in total. The fraction of sp³-hybridized carbons (Fsp3) is 0.333. The lowest BCUT2D eigenvalue weighted by molar-refractivity contribution is 0.777. The Kier molecular flexibility index (Phi) is 4.53. The molecule has 0 saturated carbocycles. The van der Waals surface area contributed by atoms with Crippen LogP contribution in [-0.2, 0) is 0 Å². The Morgan fingerprint density at radius 1 is 1.35 bits per heavy atom. The molecule has 1 aromatic carbocycles. The van der Waals surface area contributed by atoms with E-state index in [1.54, 1.807) is 11.8 Å². The molecule has 1 aromatic heterocycles. The van der Waals surface area contributed by atoms with Crippen LogP contribution < -0.4 is 5.32 Å². The molecule has 0 bridgehead atoms. The van der Waals surface area contributed by atoms with Crippen LogP contribution in [-0.4, -0.2) is 22.9 Å². The second-order valence-corrected chi connectivity index (χ2v) is 5.88. The average molecular weight is 265 g/mol. The molecule has 1 heterocycles. The third-order valence-corrected chi connectivity index (χ3v) is 4.44. The van der Waals surface area contributed by atoms with Crippen molar-refractivity contribution in [3.8, 4) is 0 Å². The van der Waals surface area contributed by atoms with E-state index < -0.39 is 0 Å². The van der Waals surface area contributed by atoms with Crippen LogP contribution in [0.2, 0.25) is 0 Å². The Balaban J connectivity index is 2.13. The van der Waals surface area contributed by atoms with Crippen LogP contribution in [0.3, 0.4) is 0 Å². The first kappa shape index (κ1) is 12.5. The predicted octanol–water partition coefficient (Wildman–Crippen LogP) is 2.90. The average Bonchev–Trinajstić information content (AvgIpc) is 2.75. The van der Waals surface area contributed by atoms with Crippen molar-refractivity contribution in [2.75, 3.05) is 13.6 Å². The van der Waals surface area contributed by atoms with Crippen molar-refractivity contribution in [3.05, 3.63) is 41.7 Å². The van der Waals surface area contributed by atoms with Gasteiger partial charge in [-0.2, -0.15) is 4.37 Å². The van der Waals surface area contributed by atoms with E-state index in [2.05, 4.69) is 38.9 Å². The lowest BCUT2D eigenvalue weighted by Gasteiger charge is -2.14. The van der Waals surface area contributed by atoms with E-state index in [1.165, 1.54) is 17.1 Å². The zero-order valence-corrected chi connectivity index (χ0v) is 11.5. The van der Waals surface area contributed by atoms with Crippen molar-refractivity contribution in [2.24, 2.45) is 0 Å². The summed E-state index contributed by atoms with van der Waals surface area (Å²) >= 11 is 3.24. The number of thioether (sulfide) groups is 1. The summed E-state index contributed by atoms with van der Waals surface area (Å²) in [6.45, 7) is 2.85. The highest BCUT2D eigenvalue weighted by molar-refractivity contribution is 8.01. The third-order valence-electron chi connectivity index (χ3n) is 2.31. The minimum absolute atomic E-state index is 0.383. The fourth-order valence-corrected chi connectivity index (χ4v) is 3.56. The Morgan fingerprint density at radius 2 is 2.12 bits per heavy atom. The molecule has 0 aliphatic rings. The summed E-state index contributed by atoms with van der Waals surface area (Å²) in [7, 11) is 1.97. The van der Waals surface area contributed by atoms with Gasteiger partial charge in [-0.3, -0.25) is 0 Å². The molecule has 0 saturated heterocycles. The lowest BCUT2D eigenvalue weighted by atomic mass is 10.1. The third kappa shape index (κ3) is 3.52. The number of aromatic nitrogens is 2. The van der Waals surface area contributed by atoms with Crippen molar-refractivity contribution >= 4 is 23.3 Å². The van der Waals surface area contributed by atoms with Gasteiger partial charge in [-0.15, -0.1) is 0 Å². The Morgan fingerprint density at radius 3 is 2.71 bits per heavy atom. The molecule has 0 aliphatic carbocycles. The molecule has 0 fully saturated rings. The molecule has 0 aliphatic heterocycles. The van der Waals surface area contributed by atoms with E-state index in [-0.39, 0.29) is 0 Å². The van der Waals surface area contributed by atoms with Crippen molar-refractivity contribution in [3.63, 3.8) is 0 Å². The van der Waals surface area contributed by atoms with Crippen LogP contribution in [0.1, 0.15) is 16.6 Å². The van der Waals surface area contributed by atoms with Gasteiger partial charge in [0.1, 0.15) is 5.82 Å². The number of nitrogens with one attached hydrogen (secondary N) is 1. The second-order valence-electron chi connectivity index (χ2n) is 3.68. The van der Waals surface area contributed by atoms with E-state index >= 15 is 0 Å². The molecule has 1 atom stereocenters. The van der Waals surface area contributed by atoms with Gasteiger partial charge >= 0.3 is 0 Å². The van der Waals surface area contributed by atoms with Crippen LogP contribution in [0, 0.1) is 6.92 Å².